The van der Waals surface area contributed by atoms with Crippen LogP contribution in [0.3, 0.4) is 0 Å². The predicted octanol–water partition coefficient (Wildman–Crippen LogP) is 5.80. The number of nitrogens with zero attached hydrogens (tertiary/aromatic N) is 5. The van der Waals surface area contributed by atoms with Crippen LogP contribution in [-0.4, -0.2) is 147 Å². The van der Waals surface area contributed by atoms with Crippen LogP contribution in [0.2, 0.25) is 10.0 Å². The van der Waals surface area contributed by atoms with Crippen molar-refractivity contribution in [2.75, 3.05) is 88.3 Å². The first kappa shape index (κ1) is 49.3. The molecule has 2 atom stereocenters. The Balaban J connectivity index is 0.000000223. The molecule has 4 fully saturated rings. The molecule has 2 unspecified atom stereocenters. The van der Waals surface area contributed by atoms with Gasteiger partial charge in [-0.1, -0.05) is 29.3 Å². The van der Waals surface area contributed by atoms with Crippen LogP contribution in [0.4, 0.5) is 21.0 Å². The number of carbonyl (C=O) groups is 5. The van der Waals surface area contributed by atoms with E-state index in [0.717, 1.165) is 96.0 Å². The molecule has 0 bridgehead atoms. The highest BCUT2D eigenvalue weighted by molar-refractivity contribution is 6.31. The molecule has 6 rings (SSSR count). The molecule has 4 aliphatic rings. The third kappa shape index (κ3) is 16.8. The van der Waals surface area contributed by atoms with Crippen LogP contribution >= 0.6 is 23.2 Å². The number of nitrogens with one attached hydrogen (secondary N) is 3. The van der Waals surface area contributed by atoms with Crippen molar-refractivity contribution in [3.8, 4) is 0 Å². The number of halogens is 2. The van der Waals surface area contributed by atoms with Gasteiger partial charge in [-0.15, -0.1) is 0 Å². The van der Waals surface area contributed by atoms with Gasteiger partial charge in [0.05, 0.1) is 0 Å². The molecule has 0 aromatic heterocycles. The van der Waals surface area contributed by atoms with Crippen LogP contribution in [0.25, 0.3) is 0 Å². The maximum Gasteiger partial charge on any atom is 0.410 e. The Morgan fingerprint density at radius 2 is 1.15 bits per heavy atom. The second kappa shape index (κ2) is 22.7. The van der Waals surface area contributed by atoms with Gasteiger partial charge in [0, 0.05) is 138 Å². The summed E-state index contributed by atoms with van der Waals surface area (Å²) in [5.74, 6) is -0.0143. The van der Waals surface area contributed by atoms with Gasteiger partial charge < -0.3 is 45.0 Å². The zero-order chi connectivity index (χ0) is 44.9. The van der Waals surface area contributed by atoms with Crippen LogP contribution in [0.15, 0.2) is 36.4 Å². The fraction of sp³-hybridized carbons (Fsp3) is 0.614. The molecular formula is C44H66Cl2N8O7. The highest BCUT2D eigenvalue weighted by Crippen LogP contribution is 2.30. The fourth-order valence-corrected chi connectivity index (χ4v) is 7.79. The molecule has 2 aromatic carbocycles. The molecule has 4 saturated heterocycles. The van der Waals surface area contributed by atoms with Gasteiger partial charge in [-0.2, -0.15) is 0 Å². The summed E-state index contributed by atoms with van der Waals surface area (Å²) in [6.45, 7) is 24.5. The summed E-state index contributed by atoms with van der Waals surface area (Å²) in [4.78, 5) is 67.4. The molecule has 2 aromatic rings. The molecule has 61 heavy (non-hydrogen) atoms. The fourth-order valence-electron chi connectivity index (χ4n) is 7.45. The van der Waals surface area contributed by atoms with E-state index < -0.39 is 5.60 Å². The lowest BCUT2D eigenvalue weighted by molar-refractivity contribution is -0.120. The van der Waals surface area contributed by atoms with Gasteiger partial charge in [0.1, 0.15) is 11.2 Å². The highest BCUT2D eigenvalue weighted by Gasteiger charge is 2.29. The van der Waals surface area contributed by atoms with E-state index in [1.165, 1.54) is 12.5 Å². The molecule has 4 aliphatic heterocycles. The number of rotatable bonds is 7. The van der Waals surface area contributed by atoms with E-state index >= 15 is 0 Å². The first-order valence-corrected chi connectivity index (χ1v) is 21.9. The normalized spacial score (nSPS) is 19.5. The minimum atomic E-state index is -0.475. The van der Waals surface area contributed by atoms with Crippen molar-refractivity contribution in [1.29, 1.82) is 0 Å². The van der Waals surface area contributed by atoms with Gasteiger partial charge in [0.15, 0.2) is 6.29 Å². The molecule has 0 aliphatic carbocycles. The first-order valence-electron chi connectivity index (χ1n) is 21.2. The summed E-state index contributed by atoms with van der Waals surface area (Å²) >= 11 is 12.3. The number of ether oxygens (including phenoxy) is 2. The summed E-state index contributed by atoms with van der Waals surface area (Å²) < 4.78 is 10.7. The lowest BCUT2D eigenvalue weighted by atomic mass is 10.1. The molecule has 338 valence electrons. The largest absolute Gasteiger partial charge is 0.444 e. The van der Waals surface area contributed by atoms with Crippen LogP contribution in [0.5, 0.6) is 0 Å². The second-order valence-corrected chi connectivity index (χ2v) is 18.7. The van der Waals surface area contributed by atoms with Crippen molar-refractivity contribution in [2.24, 2.45) is 0 Å². The van der Waals surface area contributed by atoms with E-state index in [4.69, 9.17) is 32.7 Å². The average molecular weight is 890 g/mol. The van der Waals surface area contributed by atoms with Crippen LogP contribution in [0, 0.1) is 0 Å². The molecule has 0 radical (unpaired) electrons. The zero-order valence-corrected chi connectivity index (χ0v) is 38.7. The molecule has 4 heterocycles. The minimum absolute atomic E-state index is 0.0102. The summed E-state index contributed by atoms with van der Waals surface area (Å²) in [7, 11) is 0. The lowest BCUT2D eigenvalue weighted by Gasteiger charge is -2.36. The van der Waals surface area contributed by atoms with Gasteiger partial charge in [-0.3, -0.25) is 19.3 Å². The number of carbonyl (C=O) groups excluding carboxylic acids is 5. The van der Waals surface area contributed by atoms with Crippen LogP contribution in [0.1, 0.15) is 84.2 Å². The zero-order valence-electron chi connectivity index (χ0n) is 37.2. The third-order valence-corrected chi connectivity index (χ3v) is 10.7. The van der Waals surface area contributed by atoms with Crippen LogP contribution < -0.4 is 25.8 Å². The number of benzene rings is 2. The molecule has 4 amide bonds. The monoisotopic (exact) mass is 888 g/mol. The Morgan fingerprint density at radius 3 is 1.62 bits per heavy atom. The number of piperazine rings is 2. The van der Waals surface area contributed by atoms with Crippen LogP contribution in [-0.2, 0) is 25.6 Å². The van der Waals surface area contributed by atoms with Gasteiger partial charge >= 0.3 is 12.2 Å². The number of hydrogen-bond acceptors (Lipinski definition) is 11. The summed E-state index contributed by atoms with van der Waals surface area (Å²) in [5, 5.41) is 10.4. The maximum absolute atomic E-state index is 12.3. The van der Waals surface area contributed by atoms with Crippen molar-refractivity contribution in [2.45, 2.75) is 98.1 Å². The first-order chi connectivity index (χ1) is 28.7. The van der Waals surface area contributed by atoms with Crippen molar-refractivity contribution in [1.82, 2.24) is 30.7 Å². The van der Waals surface area contributed by atoms with Crippen molar-refractivity contribution in [3.05, 3.63) is 57.6 Å². The quantitative estimate of drug-likeness (QED) is 0.289. The highest BCUT2D eigenvalue weighted by atomic mass is 35.5. The molecule has 3 N–H and O–H groups in total. The van der Waals surface area contributed by atoms with E-state index in [0.29, 0.717) is 35.2 Å². The smallest absolute Gasteiger partial charge is 0.410 e. The Bertz CT molecular complexity index is 1810. The lowest BCUT2D eigenvalue weighted by Crippen LogP contribution is -2.49. The molecule has 15 nitrogen and oxygen atoms in total. The summed E-state index contributed by atoms with van der Waals surface area (Å²) in [6.07, 6.45) is 2.20. The molecule has 0 spiro atoms. The van der Waals surface area contributed by atoms with E-state index in [2.05, 4.69) is 36.7 Å². The van der Waals surface area contributed by atoms with Gasteiger partial charge in [-0.25, -0.2) is 9.59 Å². The van der Waals surface area contributed by atoms with E-state index in [9.17, 15) is 24.0 Å². The predicted molar refractivity (Wildman–Crippen MR) is 241 cm³/mol. The standard InChI is InChI=1S/C22H33ClN4O3.C13H15ClN2O2.C9H18N2O2/c1-16(28)24-19-7-8-27(15-19)20-13-18(23)6-5-17(20)14-25-9-11-26(12-10-25)21(29)30-22(2,3)4;1-9(18)15-12-4-5-16(7-12)13-6-11(14)3-2-10(13)8-17;1-9(2,3)13-8(12)11-6-4-10-5-7-11/h5-6,13,19H,7-12,14-15H2,1-4H3,(H,24,28);2-3,6,8,12H,4-5,7H2,1H3,(H,15,18);10H,4-7H2,1-3H3. The maximum atomic E-state index is 12.3. The molecule has 17 heteroatoms. The third-order valence-electron chi connectivity index (χ3n) is 10.2. The van der Waals surface area contributed by atoms with Crippen molar-refractivity contribution in [3.63, 3.8) is 0 Å². The van der Waals surface area contributed by atoms with Crippen molar-refractivity contribution >= 4 is 64.9 Å². The number of anilines is 2. The number of aldehydes is 1. The molecular weight excluding hydrogens is 823 g/mol. The van der Waals surface area contributed by atoms with E-state index in [-0.39, 0.29) is 41.7 Å². The van der Waals surface area contributed by atoms with Gasteiger partial charge in [-0.05, 0) is 90.3 Å². The van der Waals surface area contributed by atoms with Gasteiger partial charge in [0.2, 0.25) is 11.8 Å². The summed E-state index contributed by atoms with van der Waals surface area (Å²) in [6, 6.07) is 11.6. The second-order valence-electron chi connectivity index (χ2n) is 17.8. The van der Waals surface area contributed by atoms with Gasteiger partial charge in [0.25, 0.3) is 0 Å². The summed E-state index contributed by atoms with van der Waals surface area (Å²) in [5.41, 5.74) is 2.95. The Morgan fingerprint density at radius 1 is 0.689 bits per heavy atom. The Hall–Kier alpha value is -4.31. The topological polar surface area (TPSA) is 156 Å². The Kier molecular flexibility index (Phi) is 18.4. The number of hydrogen-bond donors (Lipinski definition) is 3. The molecule has 0 saturated carbocycles. The average Bonchev–Trinajstić information content (AvgIpc) is 3.84. The van der Waals surface area contributed by atoms with E-state index in [1.807, 2.05) is 53.7 Å². The number of amides is 4. The SMILES string of the molecule is CC(=O)NC1CCN(c2cc(Cl)ccc2C=O)C1.CC(=O)NC1CCN(c2cc(Cl)ccc2CN2CCN(C(=O)OC(C)(C)C)CC2)C1.CC(C)(C)OC(=O)N1CCNCC1. The Labute approximate surface area is 371 Å². The van der Waals surface area contributed by atoms with E-state index in [1.54, 1.807) is 34.9 Å². The van der Waals surface area contributed by atoms with Crippen molar-refractivity contribution < 1.29 is 33.4 Å². The minimum Gasteiger partial charge on any atom is -0.444 e.